The van der Waals surface area contributed by atoms with Gasteiger partial charge in [-0.15, -0.1) is 0 Å². The Morgan fingerprint density at radius 1 is 1.25 bits per heavy atom. The maximum Gasteiger partial charge on any atom is 0.177 e. The molecule has 0 fully saturated rings. The lowest BCUT2D eigenvalue weighted by Gasteiger charge is -2.05. The zero-order chi connectivity index (χ0) is 11.4. The van der Waals surface area contributed by atoms with Crippen LogP contribution in [0.2, 0.25) is 0 Å². The lowest BCUT2D eigenvalue weighted by Crippen LogP contribution is -2.01. The van der Waals surface area contributed by atoms with E-state index in [1.807, 2.05) is 6.20 Å². The van der Waals surface area contributed by atoms with Crippen molar-refractivity contribution in [3.8, 4) is 0 Å². The molecule has 16 heavy (non-hydrogen) atoms. The molecule has 2 rings (SSSR count). The number of aromatic nitrogens is 2. The molecule has 2 nitrogen and oxygen atoms in total. The topological polar surface area (TPSA) is 20.7 Å². The molecule has 0 aliphatic carbocycles. The van der Waals surface area contributed by atoms with Crippen molar-refractivity contribution in [3.63, 3.8) is 0 Å². The van der Waals surface area contributed by atoms with Gasteiger partial charge < -0.3 is 9.55 Å². The third-order valence-corrected chi connectivity index (χ3v) is 3.10. The molecule has 3 heteroatoms. The third kappa shape index (κ3) is 2.61. The number of H-pyrrole nitrogens is 1. The lowest BCUT2D eigenvalue weighted by molar-refractivity contribution is 0.622. The minimum atomic E-state index is 0.825. The van der Waals surface area contributed by atoms with E-state index in [0.717, 1.165) is 24.2 Å². The Balaban J connectivity index is 1.92. The molecule has 0 bridgehead atoms. The first-order valence-corrected chi connectivity index (χ1v) is 5.97. The SMILES string of the molecule is Cc1c[nH]c(=S)n1CCCc1ccccc1. The normalized spacial score (nSPS) is 10.6. The second-order valence-electron chi connectivity index (χ2n) is 3.98. The van der Waals surface area contributed by atoms with Gasteiger partial charge in [0.25, 0.3) is 0 Å². The largest absolute Gasteiger partial charge is 0.337 e. The molecule has 1 aromatic heterocycles. The second kappa shape index (κ2) is 5.12. The zero-order valence-corrected chi connectivity index (χ0v) is 10.3. The summed E-state index contributed by atoms with van der Waals surface area (Å²) in [5.41, 5.74) is 2.60. The summed E-state index contributed by atoms with van der Waals surface area (Å²) in [5.74, 6) is 0. The highest BCUT2D eigenvalue weighted by molar-refractivity contribution is 7.71. The molecule has 0 saturated heterocycles. The molecular formula is C13H16N2S. The fourth-order valence-corrected chi connectivity index (χ4v) is 2.14. The van der Waals surface area contributed by atoms with Gasteiger partial charge in [0.15, 0.2) is 4.77 Å². The van der Waals surface area contributed by atoms with E-state index in [0.29, 0.717) is 0 Å². The van der Waals surface area contributed by atoms with E-state index in [-0.39, 0.29) is 0 Å². The zero-order valence-electron chi connectivity index (χ0n) is 9.44. The number of imidazole rings is 1. The Hall–Kier alpha value is -1.35. The summed E-state index contributed by atoms with van der Waals surface area (Å²) >= 11 is 5.21. The molecule has 0 amide bonds. The van der Waals surface area contributed by atoms with Crippen molar-refractivity contribution in [3.05, 3.63) is 52.6 Å². The van der Waals surface area contributed by atoms with Gasteiger partial charge in [0.2, 0.25) is 0 Å². The van der Waals surface area contributed by atoms with E-state index in [4.69, 9.17) is 12.2 Å². The highest BCUT2D eigenvalue weighted by atomic mass is 32.1. The molecule has 0 radical (unpaired) electrons. The van der Waals surface area contributed by atoms with Crippen LogP contribution in [0.15, 0.2) is 36.5 Å². The average Bonchev–Trinajstić information content (AvgIpc) is 2.62. The molecular weight excluding hydrogens is 216 g/mol. The second-order valence-corrected chi connectivity index (χ2v) is 4.36. The number of aromatic amines is 1. The Morgan fingerprint density at radius 2 is 2.00 bits per heavy atom. The standard InChI is InChI=1S/C13H16N2S/c1-11-10-14-13(16)15(11)9-5-8-12-6-3-2-4-7-12/h2-4,6-7,10H,5,8-9H2,1H3,(H,14,16). The van der Waals surface area contributed by atoms with Gasteiger partial charge in [-0.3, -0.25) is 0 Å². The quantitative estimate of drug-likeness (QED) is 0.800. The van der Waals surface area contributed by atoms with Gasteiger partial charge >= 0.3 is 0 Å². The highest BCUT2D eigenvalue weighted by Gasteiger charge is 1.99. The molecule has 0 saturated carbocycles. The van der Waals surface area contributed by atoms with E-state index < -0.39 is 0 Å². The highest BCUT2D eigenvalue weighted by Crippen LogP contribution is 2.06. The summed E-state index contributed by atoms with van der Waals surface area (Å²) in [6.45, 7) is 3.07. The number of rotatable bonds is 4. The molecule has 1 N–H and O–H groups in total. The van der Waals surface area contributed by atoms with E-state index in [1.54, 1.807) is 0 Å². The first-order chi connectivity index (χ1) is 7.77. The van der Waals surface area contributed by atoms with Gasteiger partial charge in [0.1, 0.15) is 0 Å². The van der Waals surface area contributed by atoms with Gasteiger partial charge in [-0.25, -0.2) is 0 Å². The summed E-state index contributed by atoms with van der Waals surface area (Å²) in [5, 5.41) is 0. The fourth-order valence-electron chi connectivity index (χ4n) is 1.85. The maximum atomic E-state index is 5.21. The number of hydrogen-bond donors (Lipinski definition) is 1. The molecule has 84 valence electrons. The molecule has 0 spiro atoms. The van der Waals surface area contributed by atoms with Crippen LogP contribution in [-0.4, -0.2) is 9.55 Å². The predicted molar refractivity (Wildman–Crippen MR) is 69.1 cm³/mol. The van der Waals surface area contributed by atoms with Gasteiger partial charge in [-0.1, -0.05) is 30.3 Å². The van der Waals surface area contributed by atoms with Crippen LogP contribution in [-0.2, 0) is 13.0 Å². The average molecular weight is 232 g/mol. The van der Waals surface area contributed by atoms with Gasteiger partial charge in [0.05, 0.1) is 0 Å². The Bertz CT molecular complexity index is 496. The fraction of sp³-hybridized carbons (Fsp3) is 0.308. The third-order valence-electron chi connectivity index (χ3n) is 2.77. The van der Waals surface area contributed by atoms with E-state index in [9.17, 15) is 0 Å². The predicted octanol–water partition coefficient (Wildman–Crippen LogP) is 3.49. The molecule has 0 unspecified atom stereocenters. The van der Waals surface area contributed by atoms with E-state index in [1.165, 1.54) is 11.3 Å². The first kappa shape index (κ1) is 11.1. The molecule has 0 atom stereocenters. The van der Waals surface area contributed by atoms with E-state index >= 15 is 0 Å². The summed E-state index contributed by atoms with van der Waals surface area (Å²) in [6.07, 6.45) is 4.19. The van der Waals surface area contributed by atoms with Crippen LogP contribution in [0.5, 0.6) is 0 Å². The smallest absolute Gasteiger partial charge is 0.177 e. The Morgan fingerprint density at radius 3 is 2.62 bits per heavy atom. The summed E-state index contributed by atoms with van der Waals surface area (Å²) < 4.78 is 2.98. The van der Waals surface area contributed by atoms with Crippen molar-refractivity contribution in [2.75, 3.05) is 0 Å². The number of hydrogen-bond acceptors (Lipinski definition) is 1. The number of nitrogens with zero attached hydrogens (tertiary/aromatic N) is 1. The summed E-state index contributed by atoms with van der Waals surface area (Å²) in [4.78, 5) is 3.06. The van der Waals surface area contributed by atoms with Crippen molar-refractivity contribution in [1.82, 2.24) is 9.55 Å². The molecule has 2 aromatic rings. The maximum absolute atomic E-state index is 5.21. The lowest BCUT2D eigenvalue weighted by atomic mass is 10.1. The van der Waals surface area contributed by atoms with Gasteiger partial charge in [-0.05, 0) is 37.5 Å². The van der Waals surface area contributed by atoms with Gasteiger partial charge in [0, 0.05) is 18.4 Å². The number of aryl methyl sites for hydroxylation is 2. The van der Waals surface area contributed by atoms with Crippen LogP contribution >= 0.6 is 12.2 Å². The van der Waals surface area contributed by atoms with Crippen LogP contribution in [0.4, 0.5) is 0 Å². The van der Waals surface area contributed by atoms with Crippen molar-refractivity contribution in [1.29, 1.82) is 0 Å². The van der Waals surface area contributed by atoms with Crippen molar-refractivity contribution in [2.24, 2.45) is 0 Å². The van der Waals surface area contributed by atoms with Crippen molar-refractivity contribution >= 4 is 12.2 Å². The Kier molecular flexibility index (Phi) is 3.57. The van der Waals surface area contributed by atoms with Crippen LogP contribution < -0.4 is 0 Å². The van der Waals surface area contributed by atoms with Crippen LogP contribution in [0.25, 0.3) is 0 Å². The van der Waals surface area contributed by atoms with Crippen molar-refractivity contribution in [2.45, 2.75) is 26.3 Å². The van der Waals surface area contributed by atoms with Gasteiger partial charge in [-0.2, -0.15) is 0 Å². The van der Waals surface area contributed by atoms with E-state index in [2.05, 4.69) is 46.8 Å². The summed E-state index contributed by atoms with van der Waals surface area (Å²) in [7, 11) is 0. The molecule has 1 heterocycles. The first-order valence-electron chi connectivity index (χ1n) is 5.56. The minimum Gasteiger partial charge on any atom is -0.337 e. The Labute approximate surface area is 101 Å². The molecule has 1 aromatic carbocycles. The molecule has 0 aliphatic rings. The summed E-state index contributed by atoms with van der Waals surface area (Å²) in [6, 6.07) is 10.6. The molecule has 0 aliphatic heterocycles. The monoisotopic (exact) mass is 232 g/mol. The van der Waals surface area contributed by atoms with Crippen LogP contribution in [0.1, 0.15) is 17.7 Å². The number of nitrogens with one attached hydrogen (secondary N) is 1. The van der Waals surface area contributed by atoms with Crippen molar-refractivity contribution < 1.29 is 0 Å². The van der Waals surface area contributed by atoms with Crippen LogP contribution in [0, 0.1) is 11.7 Å². The number of benzene rings is 1. The minimum absolute atomic E-state index is 0.825. The van der Waals surface area contributed by atoms with Crippen LogP contribution in [0.3, 0.4) is 0 Å².